The summed E-state index contributed by atoms with van der Waals surface area (Å²) in [4.78, 5) is 12.7. The maximum Gasteiger partial charge on any atom is 0.0933 e. The van der Waals surface area contributed by atoms with E-state index >= 15 is 0 Å². The molecule has 4 aromatic heterocycles. The Bertz CT molecular complexity index is 1500. The van der Waals surface area contributed by atoms with E-state index in [2.05, 4.69) is 93.2 Å². The maximum atomic E-state index is 5.07. The molecule has 0 saturated heterocycles. The van der Waals surface area contributed by atoms with E-state index < -0.39 is 0 Å². The van der Waals surface area contributed by atoms with E-state index in [1.807, 2.05) is 17.5 Å². The van der Waals surface area contributed by atoms with Crippen molar-refractivity contribution < 1.29 is 0 Å². The topological polar surface area (TPSA) is 25.8 Å². The van der Waals surface area contributed by atoms with Crippen molar-refractivity contribution in [2.24, 2.45) is 5.92 Å². The van der Waals surface area contributed by atoms with Gasteiger partial charge in [0.2, 0.25) is 0 Å². The molecule has 0 amide bonds. The summed E-state index contributed by atoms with van der Waals surface area (Å²) in [7, 11) is 0. The number of pyridine rings is 2. The number of hydrogen-bond donors (Lipinski definition) is 0. The second-order valence-electron chi connectivity index (χ2n) is 10.8. The van der Waals surface area contributed by atoms with Crippen LogP contribution >= 0.6 is 22.7 Å². The van der Waals surface area contributed by atoms with E-state index in [4.69, 9.17) is 9.97 Å². The fourth-order valence-electron chi connectivity index (χ4n) is 6.51. The van der Waals surface area contributed by atoms with E-state index in [9.17, 15) is 0 Å². The van der Waals surface area contributed by atoms with Crippen LogP contribution in [0.15, 0.2) is 71.7 Å². The molecule has 4 aromatic rings. The van der Waals surface area contributed by atoms with Gasteiger partial charge in [0, 0.05) is 39.0 Å². The Kier molecular flexibility index (Phi) is 4.15. The Morgan fingerprint density at radius 2 is 1.59 bits per heavy atom. The SMILES string of the molecule is CC1(C)c2cc(-c3cccs3)cnc2-c2ncc3c(c21)C(C)(C)C1C=C(c2cccs2)C=CC31. The summed E-state index contributed by atoms with van der Waals surface area (Å²) in [6.07, 6.45) is 11.4. The van der Waals surface area contributed by atoms with E-state index in [0.717, 1.165) is 11.4 Å². The molecule has 0 aliphatic heterocycles. The smallest absolute Gasteiger partial charge is 0.0933 e. The van der Waals surface area contributed by atoms with Crippen LogP contribution in [0.5, 0.6) is 0 Å². The standard InChI is InChI=1S/C30H26N2S2/c1-29(2)21-13-17(23-7-5-11-33-23)9-10-19(21)20-16-32-28-26(25(20)29)30(3,4)22-14-18(15-31-27(22)28)24-8-6-12-34-24/h5-16,19,21H,1-4H3. The number of thiophene rings is 2. The second kappa shape index (κ2) is 6.87. The summed E-state index contributed by atoms with van der Waals surface area (Å²) >= 11 is 3.59. The van der Waals surface area contributed by atoms with Crippen LogP contribution in [-0.4, -0.2) is 9.97 Å². The van der Waals surface area contributed by atoms with Gasteiger partial charge in [-0.3, -0.25) is 9.97 Å². The Morgan fingerprint density at radius 1 is 0.853 bits per heavy atom. The summed E-state index contributed by atoms with van der Waals surface area (Å²) < 4.78 is 0. The second-order valence-corrected chi connectivity index (χ2v) is 12.7. The van der Waals surface area contributed by atoms with Gasteiger partial charge in [-0.2, -0.15) is 0 Å². The molecule has 0 bridgehead atoms. The van der Waals surface area contributed by atoms with E-state index in [1.165, 1.54) is 43.1 Å². The Balaban J connectivity index is 1.40. The Labute approximate surface area is 208 Å². The minimum Gasteiger partial charge on any atom is -0.254 e. The molecule has 0 radical (unpaired) electrons. The maximum absolute atomic E-state index is 5.07. The molecule has 0 spiro atoms. The zero-order valence-corrected chi connectivity index (χ0v) is 21.4. The molecule has 4 heterocycles. The molecule has 168 valence electrons. The molecule has 0 N–H and O–H groups in total. The highest BCUT2D eigenvalue weighted by atomic mass is 32.1. The first-order chi connectivity index (χ1) is 16.4. The largest absolute Gasteiger partial charge is 0.254 e. The molecular weight excluding hydrogens is 452 g/mol. The normalized spacial score (nSPS) is 22.6. The van der Waals surface area contributed by atoms with Crippen molar-refractivity contribution in [1.29, 1.82) is 0 Å². The van der Waals surface area contributed by atoms with Gasteiger partial charge in [-0.15, -0.1) is 22.7 Å². The average Bonchev–Trinajstić information content (AvgIpc) is 3.62. The zero-order chi connectivity index (χ0) is 23.2. The first kappa shape index (κ1) is 20.5. The van der Waals surface area contributed by atoms with Gasteiger partial charge in [0.05, 0.1) is 11.4 Å². The van der Waals surface area contributed by atoms with E-state index in [-0.39, 0.29) is 10.8 Å². The van der Waals surface area contributed by atoms with Gasteiger partial charge < -0.3 is 0 Å². The van der Waals surface area contributed by atoms with Crippen molar-refractivity contribution in [3.8, 4) is 21.8 Å². The Morgan fingerprint density at radius 3 is 2.32 bits per heavy atom. The minimum atomic E-state index is -0.141. The highest BCUT2D eigenvalue weighted by Crippen LogP contribution is 2.60. The summed E-state index contributed by atoms with van der Waals surface area (Å²) in [5, 5.41) is 4.30. The molecular formula is C30H26N2S2. The number of aromatic nitrogens is 2. The van der Waals surface area contributed by atoms with Crippen molar-refractivity contribution in [2.45, 2.75) is 44.4 Å². The van der Waals surface area contributed by atoms with Gasteiger partial charge >= 0.3 is 0 Å². The third-order valence-corrected chi connectivity index (χ3v) is 10.0. The number of rotatable bonds is 2. The third kappa shape index (κ3) is 2.61. The van der Waals surface area contributed by atoms with Crippen molar-refractivity contribution in [3.05, 3.63) is 98.8 Å². The van der Waals surface area contributed by atoms with Crippen LogP contribution in [0.4, 0.5) is 0 Å². The first-order valence-corrected chi connectivity index (χ1v) is 13.7. The molecule has 0 saturated carbocycles. The predicted octanol–water partition coefficient (Wildman–Crippen LogP) is 8.22. The van der Waals surface area contributed by atoms with Crippen LogP contribution in [0.1, 0.15) is 60.7 Å². The van der Waals surface area contributed by atoms with Gasteiger partial charge in [-0.1, -0.05) is 58.1 Å². The van der Waals surface area contributed by atoms with Crippen LogP contribution in [-0.2, 0) is 10.8 Å². The van der Waals surface area contributed by atoms with Crippen LogP contribution in [0, 0.1) is 5.92 Å². The number of hydrogen-bond acceptors (Lipinski definition) is 4. The lowest BCUT2D eigenvalue weighted by Crippen LogP contribution is -2.28. The lowest BCUT2D eigenvalue weighted by molar-refractivity contribution is 0.391. The predicted molar refractivity (Wildman–Crippen MR) is 144 cm³/mol. The van der Waals surface area contributed by atoms with Crippen molar-refractivity contribution >= 4 is 28.2 Å². The Hall–Kier alpha value is -2.82. The molecule has 0 fully saturated rings. The summed E-state index contributed by atoms with van der Waals surface area (Å²) in [5.41, 5.74) is 10.1. The summed E-state index contributed by atoms with van der Waals surface area (Å²) in [5.74, 6) is 0.799. The average molecular weight is 479 g/mol. The molecule has 34 heavy (non-hydrogen) atoms. The minimum absolute atomic E-state index is 0.0101. The highest BCUT2D eigenvalue weighted by molar-refractivity contribution is 7.13. The molecule has 3 aliphatic carbocycles. The number of nitrogens with zero attached hydrogens (tertiary/aromatic N) is 2. The van der Waals surface area contributed by atoms with Crippen molar-refractivity contribution in [1.82, 2.24) is 9.97 Å². The van der Waals surface area contributed by atoms with Crippen LogP contribution < -0.4 is 0 Å². The molecule has 3 aliphatic rings. The zero-order valence-electron chi connectivity index (χ0n) is 19.8. The van der Waals surface area contributed by atoms with Crippen molar-refractivity contribution in [3.63, 3.8) is 0 Å². The van der Waals surface area contributed by atoms with Gasteiger partial charge in [0.15, 0.2) is 0 Å². The summed E-state index contributed by atoms with van der Waals surface area (Å²) in [6, 6.07) is 11.0. The monoisotopic (exact) mass is 478 g/mol. The lowest BCUT2D eigenvalue weighted by Gasteiger charge is -2.33. The first-order valence-electron chi connectivity index (χ1n) is 11.9. The molecule has 2 unspecified atom stereocenters. The van der Waals surface area contributed by atoms with Gasteiger partial charge in [0.1, 0.15) is 0 Å². The van der Waals surface area contributed by atoms with E-state index in [1.54, 1.807) is 11.3 Å². The molecule has 2 nitrogen and oxygen atoms in total. The van der Waals surface area contributed by atoms with Crippen LogP contribution in [0.3, 0.4) is 0 Å². The van der Waals surface area contributed by atoms with Crippen molar-refractivity contribution in [2.75, 3.05) is 0 Å². The van der Waals surface area contributed by atoms with Gasteiger partial charge in [-0.25, -0.2) is 0 Å². The fourth-order valence-corrected chi connectivity index (χ4v) is 7.95. The molecule has 0 aromatic carbocycles. The van der Waals surface area contributed by atoms with Gasteiger partial charge in [0.25, 0.3) is 0 Å². The van der Waals surface area contributed by atoms with E-state index in [0.29, 0.717) is 11.8 Å². The quantitative estimate of drug-likeness (QED) is 0.290. The molecule has 2 atom stereocenters. The third-order valence-electron chi connectivity index (χ3n) is 8.20. The number of allylic oxidation sites excluding steroid dienone is 4. The highest BCUT2D eigenvalue weighted by Gasteiger charge is 2.51. The van der Waals surface area contributed by atoms with Crippen LogP contribution in [0.25, 0.3) is 27.4 Å². The fraction of sp³-hybridized carbons (Fsp3) is 0.267. The lowest BCUT2D eigenvalue weighted by atomic mass is 9.70. The number of fused-ring (bicyclic) bond motifs is 7. The van der Waals surface area contributed by atoms with Crippen LogP contribution in [0.2, 0.25) is 0 Å². The molecule has 7 rings (SSSR count). The van der Waals surface area contributed by atoms with Gasteiger partial charge in [-0.05, 0) is 68.1 Å². The molecule has 4 heteroatoms. The summed E-state index contributed by atoms with van der Waals surface area (Å²) in [6.45, 7) is 9.59.